The van der Waals surface area contributed by atoms with E-state index in [1.807, 2.05) is 25.5 Å². The maximum Gasteiger partial charge on any atom is 0.219 e. The molecule has 1 unspecified atom stereocenters. The van der Waals surface area contributed by atoms with Gasteiger partial charge >= 0.3 is 0 Å². The molecule has 1 N–H and O–H groups in total. The van der Waals surface area contributed by atoms with Gasteiger partial charge in [-0.1, -0.05) is 12.1 Å². The largest absolute Gasteiger partial charge is 0.439 e. The smallest absolute Gasteiger partial charge is 0.219 e. The summed E-state index contributed by atoms with van der Waals surface area (Å²) < 4.78 is 26.6. The van der Waals surface area contributed by atoms with E-state index in [9.17, 15) is 4.39 Å². The molecule has 2 aromatic heterocycles. The Hall–Kier alpha value is -3.46. The number of benzene rings is 1. The SMILES string of the molecule is CN=C(NCc1ccc(Oc2cccc(F)c2)nc1)N1CCOC(c2cnn(C)c2)C1. The Balaban J connectivity index is 1.33. The predicted octanol–water partition coefficient (Wildman–Crippen LogP) is 2.90. The first-order valence-corrected chi connectivity index (χ1v) is 10.0. The van der Waals surface area contributed by atoms with E-state index in [1.165, 1.54) is 12.1 Å². The van der Waals surface area contributed by atoms with Gasteiger partial charge in [0.1, 0.15) is 17.7 Å². The van der Waals surface area contributed by atoms with Crippen molar-refractivity contribution in [3.8, 4) is 11.6 Å². The van der Waals surface area contributed by atoms with Crippen LogP contribution in [0.5, 0.6) is 11.6 Å². The lowest BCUT2D eigenvalue weighted by Crippen LogP contribution is -2.47. The van der Waals surface area contributed by atoms with E-state index in [1.54, 1.807) is 36.1 Å². The Bertz CT molecular complexity index is 1040. The molecule has 0 spiro atoms. The zero-order valence-corrected chi connectivity index (χ0v) is 17.5. The van der Waals surface area contributed by atoms with Gasteiger partial charge in [-0.05, 0) is 17.7 Å². The van der Waals surface area contributed by atoms with Gasteiger partial charge in [-0.25, -0.2) is 9.37 Å². The summed E-state index contributed by atoms with van der Waals surface area (Å²) in [7, 11) is 3.66. The minimum absolute atomic E-state index is 0.0399. The number of aromatic nitrogens is 3. The van der Waals surface area contributed by atoms with Gasteiger partial charge in [0.2, 0.25) is 5.88 Å². The quantitative estimate of drug-likeness (QED) is 0.501. The lowest BCUT2D eigenvalue weighted by atomic mass is 10.1. The third-order valence-electron chi connectivity index (χ3n) is 4.94. The number of hydrogen-bond donors (Lipinski definition) is 1. The summed E-state index contributed by atoms with van der Waals surface area (Å²) >= 11 is 0. The number of rotatable bonds is 5. The fourth-order valence-electron chi connectivity index (χ4n) is 3.39. The molecule has 0 aliphatic carbocycles. The molecule has 31 heavy (non-hydrogen) atoms. The molecule has 4 rings (SSSR count). The molecule has 3 aromatic rings. The van der Waals surface area contributed by atoms with Gasteiger partial charge in [-0.3, -0.25) is 9.67 Å². The van der Waals surface area contributed by atoms with Crippen molar-refractivity contribution in [2.75, 3.05) is 26.7 Å². The maximum atomic E-state index is 13.3. The van der Waals surface area contributed by atoms with Crippen molar-refractivity contribution in [2.24, 2.45) is 12.0 Å². The van der Waals surface area contributed by atoms with Crippen molar-refractivity contribution < 1.29 is 13.9 Å². The van der Waals surface area contributed by atoms with Gasteiger partial charge in [0.25, 0.3) is 0 Å². The molecule has 1 fully saturated rings. The number of morpholine rings is 1. The lowest BCUT2D eigenvalue weighted by Gasteiger charge is -2.34. The second kappa shape index (κ2) is 9.57. The molecule has 162 valence electrons. The average molecular weight is 424 g/mol. The first kappa shape index (κ1) is 20.8. The van der Waals surface area contributed by atoms with E-state index in [0.29, 0.717) is 31.3 Å². The third kappa shape index (κ3) is 5.37. The number of aliphatic imine (C=N–C) groups is 1. The molecule has 1 atom stereocenters. The number of nitrogens with zero attached hydrogens (tertiary/aromatic N) is 5. The van der Waals surface area contributed by atoms with Crippen LogP contribution in [0, 0.1) is 5.82 Å². The van der Waals surface area contributed by atoms with Crippen molar-refractivity contribution in [1.29, 1.82) is 0 Å². The molecule has 0 bridgehead atoms. The zero-order valence-electron chi connectivity index (χ0n) is 17.5. The van der Waals surface area contributed by atoms with Crippen LogP contribution in [0.1, 0.15) is 17.2 Å². The summed E-state index contributed by atoms with van der Waals surface area (Å²) in [6.45, 7) is 2.64. The second-order valence-corrected chi connectivity index (χ2v) is 7.22. The summed E-state index contributed by atoms with van der Waals surface area (Å²) in [5.74, 6) is 1.27. The van der Waals surface area contributed by atoms with E-state index in [-0.39, 0.29) is 11.9 Å². The number of pyridine rings is 1. The number of halogens is 1. The molecule has 3 heterocycles. The highest BCUT2D eigenvalue weighted by Gasteiger charge is 2.25. The van der Waals surface area contributed by atoms with E-state index >= 15 is 0 Å². The van der Waals surface area contributed by atoms with Crippen LogP contribution in [0.2, 0.25) is 0 Å². The van der Waals surface area contributed by atoms with E-state index < -0.39 is 0 Å². The Morgan fingerprint density at radius 1 is 1.32 bits per heavy atom. The first-order valence-electron chi connectivity index (χ1n) is 10.0. The van der Waals surface area contributed by atoms with Crippen molar-refractivity contribution >= 4 is 5.96 Å². The zero-order chi connectivity index (χ0) is 21.6. The fourth-order valence-corrected chi connectivity index (χ4v) is 3.39. The first-order chi connectivity index (χ1) is 15.1. The average Bonchev–Trinajstić information content (AvgIpc) is 3.22. The minimum Gasteiger partial charge on any atom is -0.439 e. The molecular formula is C22H25FN6O2. The van der Waals surface area contributed by atoms with Gasteiger partial charge in [-0.2, -0.15) is 5.10 Å². The van der Waals surface area contributed by atoms with Gasteiger partial charge in [0.15, 0.2) is 5.96 Å². The summed E-state index contributed by atoms with van der Waals surface area (Å²) in [5, 5.41) is 7.61. The van der Waals surface area contributed by atoms with E-state index in [0.717, 1.165) is 23.6 Å². The minimum atomic E-state index is -0.349. The highest BCUT2D eigenvalue weighted by atomic mass is 19.1. The van der Waals surface area contributed by atoms with Gasteiger partial charge in [0.05, 0.1) is 19.3 Å². The molecule has 1 saturated heterocycles. The highest BCUT2D eigenvalue weighted by molar-refractivity contribution is 5.80. The fraction of sp³-hybridized carbons (Fsp3) is 0.318. The summed E-state index contributed by atoms with van der Waals surface area (Å²) in [5.41, 5.74) is 2.03. The van der Waals surface area contributed by atoms with Crippen LogP contribution < -0.4 is 10.1 Å². The van der Waals surface area contributed by atoms with Crippen molar-refractivity contribution in [3.05, 3.63) is 71.9 Å². The van der Waals surface area contributed by atoms with Crippen LogP contribution in [0.25, 0.3) is 0 Å². The van der Waals surface area contributed by atoms with Crippen molar-refractivity contribution in [3.63, 3.8) is 0 Å². The highest BCUT2D eigenvalue weighted by Crippen LogP contribution is 2.22. The number of nitrogens with one attached hydrogen (secondary N) is 1. The molecule has 1 aromatic carbocycles. The van der Waals surface area contributed by atoms with E-state index in [4.69, 9.17) is 9.47 Å². The summed E-state index contributed by atoms with van der Waals surface area (Å²) in [6, 6.07) is 9.65. The van der Waals surface area contributed by atoms with E-state index in [2.05, 4.69) is 25.3 Å². The van der Waals surface area contributed by atoms with Crippen LogP contribution in [-0.4, -0.2) is 52.4 Å². The van der Waals surface area contributed by atoms with Crippen LogP contribution in [-0.2, 0) is 18.3 Å². The van der Waals surface area contributed by atoms with Gasteiger partial charge in [-0.15, -0.1) is 0 Å². The Morgan fingerprint density at radius 2 is 2.23 bits per heavy atom. The molecule has 9 heteroatoms. The standard InChI is InChI=1S/C22H25FN6O2/c1-24-22(29-8-9-30-20(15-29)17-13-27-28(2)14-17)26-12-16-6-7-21(25-11-16)31-19-5-3-4-18(23)10-19/h3-7,10-11,13-14,20H,8-9,12,15H2,1-2H3,(H,24,26). The Kier molecular flexibility index (Phi) is 6.42. The molecular weight excluding hydrogens is 399 g/mol. The van der Waals surface area contributed by atoms with Crippen LogP contribution in [0.15, 0.2) is 60.0 Å². The molecule has 0 saturated carbocycles. The predicted molar refractivity (Wildman–Crippen MR) is 114 cm³/mol. The Labute approximate surface area is 180 Å². The third-order valence-corrected chi connectivity index (χ3v) is 4.94. The number of ether oxygens (including phenoxy) is 2. The Morgan fingerprint density at radius 3 is 2.94 bits per heavy atom. The molecule has 0 radical (unpaired) electrons. The number of hydrogen-bond acceptors (Lipinski definition) is 5. The van der Waals surface area contributed by atoms with Gasteiger partial charge in [0, 0.05) is 57.3 Å². The lowest BCUT2D eigenvalue weighted by molar-refractivity contribution is -0.00805. The second-order valence-electron chi connectivity index (χ2n) is 7.22. The maximum absolute atomic E-state index is 13.3. The number of aryl methyl sites for hydroxylation is 1. The van der Waals surface area contributed by atoms with Crippen LogP contribution in [0.3, 0.4) is 0 Å². The molecule has 1 aliphatic heterocycles. The molecule has 8 nitrogen and oxygen atoms in total. The normalized spacial score (nSPS) is 16.9. The van der Waals surface area contributed by atoms with Crippen molar-refractivity contribution in [2.45, 2.75) is 12.6 Å². The van der Waals surface area contributed by atoms with Crippen LogP contribution in [0.4, 0.5) is 4.39 Å². The number of guanidine groups is 1. The monoisotopic (exact) mass is 424 g/mol. The molecule has 0 amide bonds. The summed E-state index contributed by atoms with van der Waals surface area (Å²) in [6.07, 6.45) is 5.50. The van der Waals surface area contributed by atoms with Crippen LogP contribution >= 0.6 is 0 Å². The van der Waals surface area contributed by atoms with Crippen molar-refractivity contribution in [1.82, 2.24) is 25.0 Å². The molecule has 1 aliphatic rings. The summed E-state index contributed by atoms with van der Waals surface area (Å²) in [4.78, 5) is 10.9. The van der Waals surface area contributed by atoms with Gasteiger partial charge < -0.3 is 19.7 Å². The topological polar surface area (TPSA) is 76.8 Å².